The lowest BCUT2D eigenvalue weighted by Gasteiger charge is -2.22. The highest BCUT2D eigenvalue weighted by Gasteiger charge is 2.21. The SMILES string of the molecule is CCC(N)C(OCc1cccs1)c1ccc(C)s1. The van der Waals surface area contributed by atoms with Crippen molar-refractivity contribution in [1.82, 2.24) is 0 Å². The summed E-state index contributed by atoms with van der Waals surface area (Å²) in [5.74, 6) is 0. The molecular weight excluding hydrogens is 262 g/mol. The zero-order valence-electron chi connectivity index (χ0n) is 10.8. The fraction of sp³-hybridized carbons (Fsp3) is 0.429. The maximum Gasteiger partial charge on any atom is 0.107 e. The van der Waals surface area contributed by atoms with Crippen LogP contribution >= 0.6 is 22.7 Å². The summed E-state index contributed by atoms with van der Waals surface area (Å²) >= 11 is 3.50. The van der Waals surface area contributed by atoms with Crippen molar-refractivity contribution in [3.05, 3.63) is 44.3 Å². The Kier molecular flexibility index (Phi) is 4.95. The monoisotopic (exact) mass is 281 g/mol. The van der Waals surface area contributed by atoms with E-state index in [2.05, 4.69) is 37.4 Å². The van der Waals surface area contributed by atoms with Crippen LogP contribution in [0, 0.1) is 6.92 Å². The first kappa shape index (κ1) is 13.7. The van der Waals surface area contributed by atoms with Crippen LogP contribution in [-0.2, 0) is 11.3 Å². The predicted octanol–water partition coefficient (Wildman–Crippen LogP) is 4.11. The van der Waals surface area contributed by atoms with Crippen molar-refractivity contribution in [2.75, 3.05) is 0 Å². The molecule has 0 aromatic carbocycles. The molecule has 0 fully saturated rings. The maximum atomic E-state index is 6.18. The minimum Gasteiger partial charge on any atom is -0.366 e. The molecule has 0 saturated carbocycles. The Bertz CT molecular complexity index is 464. The van der Waals surface area contributed by atoms with Crippen LogP contribution in [0.25, 0.3) is 0 Å². The Balaban J connectivity index is 2.05. The molecule has 0 saturated heterocycles. The summed E-state index contributed by atoms with van der Waals surface area (Å²) in [6.45, 7) is 4.86. The number of rotatable bonds is 6. The molecule has 2 nitrogen and oxygen atoms in total. The fourth-order valence-corrected chi connectivity index (χ4v) is 3.43. The molecule has 0 aliphatic rings. The summed E-state index contributed by atoms with van der Waals surface area (Å²) < 4.78 is 6.03. The largest absolute Gasteiger partial charge is 0.366 e. The van der Waals surface area contributed by atoms with Crippen LogP contribution in [-0.4, -0.2) is 6.04 Å². The van der Waals surface area contributed by atoms with Crippen LogP contribution in [0.2, 0.25) is 0 Å². The lowest BCUT2D eigenvalue weighted by molar-refractivity contribution is 0.0251. The van der Waals surface area contributed by atoms with Crippen molar-refractivity contribution in [2.45, 2.75) is 39.0 Å². The fourth-order valence-electron chi connectivity index (χ4n) is 1.80. The molecule has 4 heteroatoms. The Labute approximate surface area is 116 Å². The van der Waals surface area contributed by atoms with E-state index < -0.39 is 0 Å². The summed E-state index contributed by atoms with van der Waals surface area (Å²) in [6, 6.07) is 8.47. The summed E-state index contributed by atoms with van der Waals surface area (Å²) in [5, 5.41) is 2.07. The van der Waals surface area contributed by atoms with E-state index in [0.29, 0.717) is 6.61 Å². The van der Waals surface area contributed by atoms with Crippen molar-refractivity contribution in [3.63, 3.8) is 0 Å². The standard InChI is InChI=1S/C14H19NOS2/c1-3-12(15)14(13-7-6-10(2)18-13)16-9-11-5-4-8-17-11/h4-8,12,14H,3,9,15H2,1-2H3. The van der Waals surface area contributed by atoms with Crippen LogP contribution < -0.4 is 5.73 Å². The number of hydrogen-bond donors (Lipinski definition) is 1. The molecule has 2 heterocycles. The lowest BCUT2D eigenvalue weighted by Crippen LogP contribution is -2.28. The van der Waals surface area contributed by atoms with E-state index in [1.54, 1.807) is 22.7 Å². The molecule has 0 aliphatic carbocycles. The number of ether oxygens (including phenoxy) is 1. The van der Waals surface area contributed by atoms with Gasteiger partial charge in [-0.25, -0.2) is 0 Å². The molecule has 0 spiro atoms. The van der Waals surface area contributed by atoms with Crippen LogP contribution in [0.15, 0.2) is 29.6 Å². The molecule has 0 amide bonds. The number of nitrogens with two attached hydrogens (primary N) is 1. The second kappa shape index (κ2) is 6.48. The highest BCUT2D eigenvalue weighted by atomic mass is 32.1. The van der Waals surface area contributed by atoms with Crippen LogP contribution in [0.3, 0.4) is 0 Å². The molecule has 18 heavy (non-hydrogen) atoms. The van der Waals surface area contributed by atoms with E-state index in [-0.39, 0.29) is 12.1 Å². The van der Waals surface area contributed by atoms with E-state index in [0.717, 1.165) is 6.42 Å². The molecule has 2 aromatic heterocycles. The minimum absolute atomic E-state index is 0.01000. The first-order valence-electron chi connectivity index (χ1n) is 6.16. The number of thiophene rings is 2. The van der Waals surface area contributed by atoms with E-state index in [4.69, 9.17) is 10.5 Å². The molecule has 0 aliphatic heterocycles. The molecule has 2 atom stereocenters. The Hall–Kier alpha value is -0.680. The van der Waals surface area contributed by atoms with E-state index >= 15 is 0 Å². The van der Waals surface area contributed by atoms with Gasteiger partial charge in [0.05, 0.1) is 6.61 Å². The Morgan fingerprint density at radius 1 is 1.33 bits per heavy atom. The van der Waals surface area contributed by atoms with Crippen molar-refractivity contribution in [3.8, 4) is 0 Å². The van der Waals surface area contributed by atoms with E-state index in [1.807, 2.05) is 6.07 Å². The normalized spacial score (nSPS) is 14.6. The summed E-state index contributed by atoms with van der Waals surface area (Å²) in [5.41, 5.74) is 6.18. The average Bonchev–Trinajstić information content (AvgIpc) is 3.01. The zero-order chi connectivity index (χ0) is 13.0. The Morgan fingerprint density at radius 2 is 2.17 bits per heavy atom. The van der Waals surface area contributed by atoms with Gasteiger partial charge in [0, 0.05) is 20.7 Å². The summed E-state index contributed by atoms with van der Waals surface area (Å²) in [6.07, 6.45) is 0.933. The van der Waals surface area contributed by atoms with Gasteiger partial charge in [-0.1, -0.05) is 13.0 Å². The highest BCUT2D eigenvalue weighted by Crippen LogP contribution is 2.30. The van der Waals surface area contributed by atoms with Crippen molar-refractivity contribution in [2.24, 2.45) is 5.73 Å². The van der Waals surface area contributed by atoms with E-state index in [9.17, 15) is 0 Å². The molecular formula is C14H19NOS2. The molecule has 2 rings (SSSR count). The molecule has 2 aromatic rings. The van der Waals surface area contributed by atoms with Gasteiger partial charge in [-0.15, -0.1) is 22.7 Å². The van der Waals surface area contributed by atoms with Gasteiger partial charge in [-0.3, -0.25) is 0 Å². The number of aryl methyl sites for hydroxylation is 1. The van der Waals surface area contributed by atoms with Gasteiger partial charge in [0.1, 0.15) is 6.10 Å². The van der Waals surface area contributed by atoms with Gasteiger partial charge in [0.25, 0.3) is 0 Å². The maximum absolute atomic E-state index is 6.18. The van der Waals surface area contributed by atoms with Crippen LogP contribution in [0.5, 0.6) is 0 Å². The second-order valence-electron chi connectivity index (χ2n) is 4.33. The summed E-state index contributed by atoms with van der Waals surface area (Å²) in [7, 11) is 0. The van der Waals surface area contributed by atoms with Crippen molar-refractivity contribution < 1.29 is 4.74 Å². The first-order chi connectivity index (χ1) is 8.70. The third kappa shape index (κ3) is 3.42. The molecule has 98 valence electrons. The van der Waals surface area contributed by atoms with E-state index in [1.165, 1.54) is 14.6 Å². The highest BCUT2D eigenvalue weighted by molar-refractivity contribution is 7.12. The Morgan fingerprint density at radius 3 is 2.72 bits per heavy atom. The summed E-state index contributed by atoms with van der Waals surface area (Å²) in [4.78, 5) is 3.79. The topological polar surface area (TPSA) is 35.2 Å². The third-order valence-electron chi connectivity index (χ3n) is 2.89. The van der Waals surface area contributed by atoms with Gasteiger partial charge in [0.15, 0.2) is 0 Å². The molecule has 2 unspecified atom stereocenters. The van der Waals surface area contributed by atoms with Gasteiger partial charge in [-0.2, -0.15) is 0 Å². The molecule has 0 radical (unpaired) electrons. The molecule has 2 N–H and O–H groups in total. The second-order valence-corrected chi connectivity index (χ2v) is 6.68. The van der Waals surface area contributed by atoms with Gasteiger partial charge in [-0.05, 0) is 36.9 Å². The van der Waals surface area contributed by atoms with Crippen LogP contribution in [0.1, 0.15) is 34.1 Å². The van der Waals surface area contributed by atoms with Crippen LogP contribution in [0.4, 0.5) is 0 Å². The molecule has 0 bridgehead atoms. The number of hydrogen-bond acceptors (Lipinski definition) is 4. The average molecular weight is 281 g/mol. The lowest BCUT2D eigenvalue weighted by atomic mass is 10.1. The quantitative estimate of drug-likeness (QED) is 0.864. The van der Waals surface area contributed by atoms with Gasteiger partial charge >= 0.3 is 0 Å². The zero-order valence-corrected chi connectivity index (χ0v) is 12.4. The predicted molar refractivity (Wildman–Crippen MR) is 79.2 cm³/mol. The van der Waals surface area contributed by atoms with Gasteiger partial charge < -0.3 is 10.5 Å². The van der Waals surface area contributed by atoms with Gasteiger partial charge in [0.2, 0.25) is 0 Å². The smallest absolute Gasteiger partial charge is 0.107 e. The minimum atomic E-state index is 0.01000. The van der Waals surface area contributed by atoms with Crippen molar-refractivity contribution >= 4 is 22.7 Å². The van der Waals surface area contributed by atoms with Crippen molar-refractivity contribution in [1.29, 1.82) is 0 Å². The first-order valence-corrected chi connectivity index (χ1v) is 7.86. The third-order valence-corrected chi connectivity index (χ3v) is 4.80.